The SMILES string of the molecule is CCOC1CC(NC2CCCC2C#N)C12CCCCC2. The zero-order chi connectivity index (χ0) is 14.0. The molecule has 3 heteroatoms. The van der Waals surface area contributed by atoms with Gasteiger partial charge < -0.3 is 10.1 Å². The molecule has 4 atom stereocenters. The van der Waals surface area contributed by atoms with Crippen LogP contribution >= 0.6 is 0 Å². The number of nitrogens with one attached hydrogen (secondary N) is 1. The maximum atomic E-state index is 9.26. The Morgan fingerprint density at radius 2 is 2.00 bits per heavy atom. The zero-order valence-electron chi connectivity index (χ0n) is 12.7. The van der Waals surface area contributed by atoms with Crippen LogP contribution < -0.4 is 5.32 Å². The molecule has 3 fully saturated rings. The first kappa shape index (κ1) is 14.4. The van der Waals surface area contributed by atoms with Gasteiger partial charge in [-0.3, -0.25) is 0 Å². The van der Waals surface area contributed by atoms with Gasteiger partial charge in [0.05, 0.1) is 18.1 Å². The molecule has 3 saturated carbocycles. The molecule has 3 aliphatic rings. The lowest BCUT2D eigenvalue weighted by Gasteiger charge is -2.58. The summed E-state index contributed by atoms with van der Waals surface area (Å²) in [6, 6.07) is 3.53. The third-order valence-corrected chi connectivity index (χ3v) is 6.03. The van der Waals surface area contributed by atoms with Crippen molar-refractivity contribution in [3.63, 3.8) is 0 Å². The van der Waals surface area contributed by atoms with E-state index in [1.807, 2.05) is 0 Å². The molecule has 3 nitrogen and oxygen atoms in total. The summed E-state index contributed by atoms with van der Waals surface area (Å²) in [4.78, 5) is 0. The van der Waals surface area contributed by atoms with E-state index in [1.54, 1.807) is 0 Å². The Bertz CT molecular complexity index is 370. The average Bonchev–Trinajstić information content (AvgIpc) is 2.94. The van der Waals surface area contributed by atoms with E-state index in [0.717, 1.165) is 19.4 Å². The summed E-state index contributed by atoms with van der Waals surface area (Å²) >= 11 is 0. The first-order valence-corrected chi connectivity index (χ1v) is 8.57. The van der Waals surface area contributed by atoms with E-state index in [2.05, 4.69) is 18.3 Å². The van der Waals surface area contributed by atoms with Gasteiger partial charge in [-0.15, -0.1) is 0 Å². The minimum atomic E-state index is 0.238. The van der Waals surface area contributed by atoms with E-state index in [1.165, 1.54) is 44.9 Å². The highest BCUT2D eigenvalue weighted by molar-refractivity contribution is 5.11. The number of ether oxygens (including phenoxy) is 1. The molecule has 0 heterocycles. The molecular formula is C17H28N2O. The highest BCUT2D eigenvalue weighted by Gasteiger charge is 2.56. The molecule has 0 bridgehead atoms. The second-order valence-electron chi connectivity index (χ2n) is 6.97. The molecule has 1 spiro atoms. The average molecular weight is 276 g/mol. The van der Waals surface area contributed by atoms with Crippen LogP contribution in [0.3, 0.4) is 0 Å². The number of hydrogen-bond acceptors (Lipinski definition) is 3. The lowest BCUT2D eigenvalue weighted by molar-refractivity contribution is -0.152. The first-order chi connectivity index (χ1) is 9.80. The standard InChI is InChI=1S/C17H28N2O/c1-2-20-16-11-15(17(16)9-4-3-5-10-17)19-14-8-6-7-13(14)12-18/h13-16,19H,2-11H2,1H3. The Balaban J connectivity index is 1.65. The molecule has 3 aliphatic carbocycles. The van der Waals surface area contributed by atoms with E-state index < -0.39 is 0 Å². The van der Waals surface area contributed by atoms with E-state index in [9.17, 15) is 5.26 Å². The topological polar surface area (TPSA) is 45.0 Å². The fraction of sp³-hybridized carbons (Fsp3) is 0.941. The third kappa shape index (κ3) is 2.38. The molecule has 112 valence electrons. The monoisotopic (exact) mass is 276 g/mol. The molecule has 20 heavy (non-hydrogen) atoms. The van der Waals surface area contributed by atoms with Crippen LogP contribution in [0.4, 0.5) is 0 Å². The van der Waals surface area contributed by atoms with Gasteiger partial charge in [-0.05, 0) is 39.0 Å². The minimum absolute atomic E-state index is 0.238. The van der Waals surface area contributed by atoms with Gasteiger partial charge in [0.2, 0.25) is 0 Å². The molecule has 0 amide bonds. The van der Waals surface area contributed by atoms with Crippen molar-refractivity contribution in [2.24, 2.45) is 11.3 Å². The van der Waals surface area contributed by atoms with Crippen molar-refractivity contribution in [3.05, 3.63) is 0 Å². The van der Waals surface area contributed by atoms with Gasteiger partial charge in [0, 0.05) is 24.1 Å². The molecular weight excluding hydrogens is 248 g/mol. The maximum absolute atomic E-state index is 9.26. The van der Waals surface area contributed by atoms with Gasteiger partial charge in [0.1, 0.15) is 0 Å². The molecule has 3 rings (SSSR count). The fourth-order valence-corrected chi connectivity index (χ4v) is 4.87. The van der Waals surface area contributed by atoms with Gasteiger partial charge in [-0.2, -0.15) is 5.26 Å². The van der Waals surface area contributed by atoms with Crippen LogP contribution in [-0.2, 0) is 4.74 Å². The summed E-state index contributed by atoms with van der Waals surface area (Å²) in [5, 5.41) is 13.1. The molecule has 0 saturated heterocycles. The van der Waals surface area contributed by atoms with Crippen molar-refractivity contribution in [3.8, 4) is 6.07 Å². The quantitative estimate of drug-likeness (QED) is 0.856. The smallest absolute Gasteiger partial charge is 0.0672 e. The number of hydrogen-bond donors (Lipinski definition) is 1. The maximum Gasteiger partial charge on any atom is 0.0672 e. The Morgan fingerprint density at radius 1 is 1.20 bits per heavy atom. The first-order valence-electron chi connectivity index (χ1n) is 8.57. The van der Waals surface area contributed by atoms with Gasteiger partial charge >= 0.3 is 0 Å². The molecule has 0 aliphatic heterocycles. The zero-order valence-corrected chi connectivity index (χ0v) is 12.7. The van der Waals surface area contributed by atoms with Crippen LogP contribution in [0.2, 0.25) is 0 Å². The Hall–Kier alpha value is -0.590. The minimum Gasteiger partial charge on any atom is -0.378 e. The van der Waals surface area contributed by atoms with Crippen molar-refractivity contribution >= 4 is 0 Å². The van der Waals surface area contributed by atoms with E-state index >= 15 is 0 Å². The predicted molar refractivity (Wildman–Crippen MR) is 79.2 cm³/mol. The summed E-state index contributed by atoms with van der Waals surface area (Å²) in [6.45, 7) is 2.95. The van der Waals surface area contributed by atoms with Crippen molar-refractivity contribution in [1.29, 1.82) is 5.26 Å². The van der Waals surface area contributed by atoms with Crippen LogP contribution in [0.15, 0.2) is 0 Å². The second kappa shape index (κ2) is 6.03. The number of nitrogens with zero attached hydrogens (tertiary/aromatic N) is 1. The molecule has 0 aromatic heterocycles. The van der Waals surface area contributed by atoms with Crippen LogP contribution in [0.1, 0.15) is 64.7 Å². The highest BCUT2D eigenvalue weighted by atomic mass is 16.5. The van der Waals surface area contributed by atoms with Crippen molar-refractivity contribution < 1.29 is 4.74 Å². The molecule has 1 N–H and O–H groups in total. The largest absolute Gasteiger partial charge is 0.378 e. The third-order valence-electron chi connectivity index (χ3n) is 6.03. The number of nitriles is 1. The Kier molecular flexibility index (Phi) is 4.33. The van der Waals surface area contributed by atoms with Crippen LogP contribution in [0.5, 0.6) is 0 Å². The predicted octanol–water partition coefficient (Wildman–Crippen LogP) is 3.40. The summed E-state index contributed by atoms with van der Waals surface area (Å²) in [6.07, 6.45) is 11.8. The van der Waals surface area contributed by atoms with E-state index in [-0.39, 0.29) is 5.92 Å². The molecule has 0 radical (unpaired) electrons. The van der Waals surface area contributed by atoms with Crippen molar-refractivity contribution in [2.45, 2.75) is 82.9 Å². The second-order valence-corrected chi connectivity index (χ2v) is 6.97. The van der Waals surface area contributed by atoms with Gasteiger partial charge in [-0.1, -0.05) is 25.7 Å². The summed E-state index contributed by atoms with van der Waals surface area (Å²) in [5.74, 6) is 0.238. The molecule has 0 aromatic carbocycles. The van der Waals surface area contributed by atoms with E-state index in [4.69, 9.17) is 4.74 Å². The lowest BCUT2D eigenvalue weighted by Crippen LogP contribution is -2.66. The molecule has 0 aromatic rings. The lowest BCUT2D eigenvalue weighted by atomic mass is 9.55. The Morgan fingerprint density at radius 3 is 2.70 bits per heavy atom. The van der Waals surface area contributed by atoms with Crippen LogP contribution in [0.25, 0.3) is 0 Å². The summed E-state index contributed by atoms with van der Waals surface area (Å²) in [5.41, 5.74) is 0.386. The van der Waals surface area contributed by atoms with Gasteiger partial charge in [0.25, 0.3) is 0 Å². The van der Waals surface area contributed by atoms with Gasteiger partial charge in [-0.25, -0.2) is 0 Å². The Labute approximate surface area is 123 Å². The summed E-state index contributed by atoms with van der Waals surface area (Å²) < 4.78 is 6.01. The van der Waals surface area contributed by atoms with Crippen LogP contribution in [-0.4, -0.2) is 24.8 Å². The van der Waals surface area contributed by atoms with E-state index in [0.29, 0.717) is 23.6 Å². The van der Waals surface area contributed by atoms with Crippen LogP contribution in [0, 0.1) is 22.7 Å². The highest BCUT2D eigenvalue weighted by Crippen LogP contribution is 2.53. The van der Waals surface area contributed by atoms with Gasteiger partial charge in [0.15, 0.2) is 0 Å². The molecule has 4 unspecified atom stereocenters. The van der Waals surface area contributed by atoms with Crippen molar-refractivity contribution in [1.82, 2.24) is 5.32 Å². The number of rotatable bonds is 4. The summed E-state index contributed by atoms with van der Waals surface area (Å²) in [7, 11) is 0. The fourth-order valence-electron chi connectivity index (χ4n) is 4.87. The van der Waals surface area contributed by atoms with Crippen molar-refractivity contribution in [2.75, 3.05) is 6.61 Å². The normalized spacial score (nSPS) is 39.4.